The predicted octanol–water partition coefficient (Wildman–Crippen LogP) is 6.46. The van der Waals surface area contributed by atoms with E-state index < -0.39 is 0 Å². The third-order valence-electron chi connectivity index (χ3n) is 10.5. The average molecular weight is 669 g/mol. The van der Waals surface area contributed by atoms with Gasteiger partial charge in [-0.2, -0.15) is 0 Å². The first-order chi connectivity index (χ1) is 23.7. The molecule has 0 fully saturated rings. The van der Waals surface area contributed by atoms with E-state index in [9.17, 15) is 10.2 Å². The van der Waals surface area contributed by atoms with E-state index in [0.717, 1.165) is 65.7 Å². The highest BCUT2D eigenvalue weighted by molar-refractivity contribution is 5.84. The Morgan fingerprint density at radius 3 is 1.96 bits per heavy atom. The molecule has 0 bridgehead atoms. The summed E-state index contributed by atoms with van der Waals surface area (Å²) in [6, 6.07) is 13.6. The maximum absolute atomic E-state index is 11.5. The van der Waals surface area contributed by atoms with Crippen LogP contribution in [-0.4, -0.2) is 82.7 Å². The van der Waals surface area contributed by atoms with Crippen molar-refractivity contribution in [2.75, 3.05) is 62.7 Å². The molecule has 0 amide bonds. The largest absolute Gasteiger partial charge is 0.504 e. The van der Waals surface area contributed by atoms with Gasteiger partial charge >= 0.3 is 0 Å². The Morgan fingerprint density at radius 1 is 0.633 bits per heavy atom. The van der Waals surface area contributed by atoms with E-state index in [1.807, 2.05) is 18.2 Å². The Morgan fingerprint density at radius 2 is 1.24 bits per heavy atom. The highest BCUT2D eigenvalue weighted by atomic mass is 16.5. The fourth-order valence-electron chi connectivity index (χ4n) is 7.87. The van der Waals surface area contributed by atoms with Crippen molar-refractivity contribution < 1.29 is 38.6 Å². The van der Waals surface area contributed by atoms with E-state index in [1.165, 1.54) is 18.2 Å². The fourth-order valence-corrected chi connectivity index (χ4v) is 7.87. The summed E-state index contributed by atoms with van der Waals surface area (Å²) in [5.41, 5.74) is 8.22. The van der Waals surface area contributed by atoms with Crippen molar-refractivity contribution in [2.45, 2.75) is 37.8 Å². The van der Waals surface area contributed by atoms with Crippen molar-refractivity contribution in [3.8, 4) is 62.9 Å². The number of hydrogen-bond acceptors (Lipinski definition) is 10. The van der Waals surface area contributed by atoms with Crippen LogP contribution < -0.4 is 28.4 Å². The van der Waals surface area contributed by atoms with Crippen molar-refractivity contribution in [3.63, 3.8) is 0 Å². The van der Waals surface area contributed by atoms with Crippen LogP contribution in [0.2, 0.25) is 0 Å². The molecule has 258 valence electrons. The number of aromatic hydroxyl groups is 2. The minimum Gasteiger partial charge on any atom is -0.504 e. The minimum atomic E-state index is -0.0189. The van der Waals surface area contributed by atoms with Crippen molar-refractivity contribution >= 4 is 0 Å². The lowest BCUT2D eigenvalue weighted by atomic mass is 9.76. The summed E-state index contributed by atoms with van der Waals surface area (Å²) in [5, 5.41) is 22.4. The smallest absolute Gasteiger partial charge is 0.169 e. The van der Waals surface area contributed by atoms with Crippen molar-refractivity contribution in [2.24, 2.45) is 0 Å². The Balaban J connectivity index is 1.32. The number of nitrogens with zero attached hydrogens (tertiary/aromatic N) is 2. The molecule has 2 heterocycles. The van der Waals surface area contributed by atoms with Gasteiger partial charge in [0, 0.05) is 42.4 Å². The molecule has 0 spiro atoms. The number of phenolic OH excluding ortho intramolecular Hbond substituents is 2. The molecule has 7 rings (SSSR count). The summed E-state index contributed by atoms with van der Waals surface area (Å²) < 4.78 is 35.1. The van der Waals surface area contributed by atoms with Crippen LogP contribution in [0.25, 0.3) is 11.1 Å². The zero-order valence-corrected chi connectivity index (χ0v) is 29.2. The maximum atomic E-state index is 11.5. The zero-order chi connectivity index (χ0) is 34.6. The lowest BCUT2D eigenvalue weighted by Gasteiger charge is -2.40. The van der Waals surface area contributed by atoms with Gasteiger partial charge in [-0.05, 0) is 110 Å². The summed E-state index contributed by atoms with van der Waals surface area (Å²) in [4.78, 5) is 4.66. The summed E-state index contributed by atoms with van der Waals surface area (Å²) >= 11 is 0. The van der Waals surface area contributed by atoms with E-state index in [4.69, 9.17) is 28.4 Å². The van der Waals surface area contributed by atoms with Gasteiger partial charge in [-0.15, -0.1) is 0 Å². The molecule has 3 aliphatic rings. The molecule has 2 atom stereocenters. The Hall–Kier alpha value is -4.80. The fraction of sp³-hybridized carbons (Fsp3) is 0.385. The summed E-state index contributed by atoms with van der Waals surface area (Å²) in [6.45, 7) is 1.77. The molecule has 0 aromatic heterocycles. The van der Waals surface area contributed by atoms with Gasteiger partial charge in [0.1, 0.15) is 5.75 Å². The Kier molecular flexibility index (Phi) is 8.62. The normalized spacial score (nSPS) is 18.2. The molecule has 2 N–H and O–H groups in total. The van der Waals surface area contributed by atoms with Crippen LogP contribution in [0, 0.1) is 0 Å². The molecular formula is C39H44N2O8. The third kappa shape index (κ3) is 5.53. The van der Waals surface area contributed by atoms with Crippen LogP contribution in [-0.2, 0) is 25.7 Å². The lowest BCUT2D eigenvalue weighted by molar-refractivity contribution is 0.226. The van der Waals surface area contributed by atoms with Crippen molar-refractivity contribution in [1.82, 2.24) is 9.80 Å². The minimum absolute atomic E-state index is 0.0189. The molecule has 4 aromatic rings. The second-order valence-corrected chi connectivity index (χ2v) is 13.1. The number of hydrogen-bond donors (Lipinski definition) is 2. The summed E-state index contributed by atoms with van der Waals surface area (Å²) in [5.74, 6) is 3.93. The van der Waals surface area contributed by atoms with Gasteiger partial charge in [0.25, 0.3) is 0 Å². The molecule has 2 unspecified atom stereocenters. The first-order valence-corrected chi connectivity index (χ1v) is 16.6. The second kappa shape index (κ2) is 12.9. The van der Waals surface area contributed by atoms with Crippen LogP contribution in [0.15, 0.2) is 42.5 Å². The average Bonchev–Trinajstić information content (AvgIpc) is 3.11. The predicted molar refractivity (Wildman–Crippen MR) is 186 cm³/mol. The van der Waals surface area contributed by atoms with E-state index >= 15 is 0 Å². The summed E-state index contributed by atoms with van der Waals surface area (Å²) in [6.07, 6.45) is 3.06. The Labute approximate surface area is 287 Å². The first kappa shape index (κ1) is 32.7. The molecule has 0 saturated carbocycles. The lowest BCUT2D eigenvalue weighted by Crippen LogP contribution is -2.35. The van der Waals surface area contributed by atoms with E-state index in [1.54, 1.807) is 40.6 Å². The van der Waals surface area contributed by atoms with Crippen LogP contribution >= 0.6 is 0 Å². The number of ether oxygens (including phenoxy) is 6. The van der Waals surface area contributed by atoms with Crippen LogP contribution in [0.1, 0.15) is 45.5 Å². The standard InChI is InChI=1S/C39H44N2O8/c1-40-10-8-21-15-32(45-4)33(46-5)18-25(21)27(40)13-24-14-29(42)31(44-3)20-30(24)49-35-17-23-12-28-37-22(9-11-41(28)2)16-36(48-7)39(43)38(37)26(23)19-34(35)47-6/h14-20,27-28,42-43H,8-13H2,1-7H3. The summed E-state index contributed by atoms with van der Waals surface area (Å²) in [7, 11) is 12.3. The molecule has 0 saturated heterocycles. The van der Waals surface area contributed by atoms with Gasteiger partial charge in [0.2, 0.25) is 0 Å². The van der Waals surface area contributed by atoms with Gasteiger partial charge in [0.15, 0.2) is 46.0 Å². The molecule has 10 nitrogen and oxygen atoms in total. The van der Waals surface area contributed by atoms with Gasteiger partial charge in [-0.3, -0.25) is 9.80 Å². The molecule has 49 heavy (non-hydrogen) atoms. The highest BCUT2D eigenvalue weighted by Gasteiger charge is 2.37. The van der Waals surface area contributed by atoms with Crippen molar-refractivity contribution in [1.29, 1.82) is 0 Å². The monoisotopic (exact) mass is 668 g/mol. The van der Waals surface area contributed by atoms with Gasteiger partial charge in [-0.1, -0.05) is 0 Å². The quantitative estimate of drug-likeness (QED) is 0.207. The topological polar surface area (TPSA) is 102 Å². The first-order valence-electron chi connectivity index (χ1n) is 16.6. The number of rotatable bonds is 9. The Bertz CT molecular complexity index is 1920. The molecule has 0 radical (unpaired) electrons. The van der Waals surface area contributed by atoms with E-state index in [-0.39, 0.29) is 23.6 Å². The van der Waals surface area contributed by atoms with Crippen LogP contribution in [0.4, 0.5) is 0 Å². The van der Waals surface area contributed by atoms with Gasteiger partial charge < -0.3 is 38.6 Å². The van der Waals surface area contributed by atoms with Gasteiger partial charge in [-0.25, -0.2) is 0 Å². The second-order valence-electron chi connectivity index (χ2n) is 13.1. The number of fused-ring (bicyclic) bond motifs is 3. The zero-order valence-electron chi connectivity index (χ0n) is 29.2. The number of phenols is 2. The molecule has 1 aliphatic carbocycles. The maximum Gasteiger partial charge on any atom is 0.169 e. The molecule has 10 heteroatoms. The highest BCUT2D eigenvalue weighted by Crippen LogP contribution is 2.54. The third-order valence-corrected chi connectivity index (χ3v) is 10.5. The molecular weight excluding hydrogens is 624 g/mol. The van der Waals surface area contributed by atoms with Gasteiger partial charge in [0.05, 0.1) is 35.5 Å². The van der Waals surface area contributed by atoms with Crippen molar-refractivity contribution in [3.05, 3.63) is 75.8 Å². The number of benzene rings is 4. The molecule has 2 aliphatic heterocycles. The SMILES string of the molecule is COc1cc(Oc2cc3c(cc2OC)-c2c(O)c(OC)cc4c2C(C3)N(C)CC4)c(CC2c3cc(OC)c(OC)cc3CCN2C)cc1O. The van der Waals surface area contributed by atoms with E-state index in [0.29, 0.717) is 46.7 Å². The van der Waals surface area contributed by atoms with Crippen LogP contribution in [0.5, 0.6) is 51.7 Å². The number of likely N-dealkylation sites (N-methyl/N-ethyl adjacent to an activating group) is 2. The number of methoxy groups -OCH3 is 5. The van der Waals surface area contributed by atoms with E-state index in [2.05, 4.69) is 36.0 Å². The molecule has 4 aromatic carbocycles. The van der Waals surface area contributed by atoms with Crippen LogP contribution in [0.3, 0.4) is 0 Å².